The fourth-order valence-corrected chi connectivity index (χ4v) is 3.72. The first-order valence-electron chi connectivity index (χ1n) is 6.95. The lowest BCUT2D eigenvalue weighted by Crippen LogP contribution is -2.41. The Hall–Kier alpha value is -1.83. The van der Waals surface area contributed by atoms with Gasteiger partial charge in [-0.15, -0.1) is 11.8 Å². The van der Waals surface area contributed by atoms with E-state index in [2.05, 4.69) is 10.0 Å². The Morgan fingerprint density at radius 2 is 1.65 bits per heavy atom. The maximum atomic E-state index is 12.2. The van der Waals surface area contributed by atoms with Crippen LogP contribution < -0.4 is 10.0 Å². The van der Waals surface area contributed by atoms with Crippen LogP contribution in [0, 0.1) is 0 Å². The van der Waals surface area contributed by atoms with Crippen LogP contribution in [-0.4, -0.2) is 26.6 Å². The molecule has 0 aliphatic heterocycles. The Bertz CT molecular complexity index is 777. The maximum absolute atomic E-state index is 12.2. The van der Waals surface area contributed by atoms with Gasteiger partial charge in [0.1, 0.15) is 0 Å². The summed E-state index contributed by atoms with van der Waals surface area (Å²) in [6.07, 6.45) is 1.91. The largest absolute Gasteiger partial charge is 0.324 e. The van der Waals surface area contributed by atoms with Crippen LogP contribution in [0.15, 0.2) is 64.4 Å². The molecule has 0 fully saturated rings. The zero-order valence-corrected chi connectivity index (χ0v) is 14.4. The molecule has 0 bridgehead atoms. The highest BCUT2D eigenvalue weighted by Gasteiger charge is 2.22. The lowest BCUT2D eigenvalue weighted by Gasteiger charge is -2.15. The van der Waals surface area contributed by atoms with E-state index in [9.17, 15) is 13.2 Å². The molecular formula is C16H18N2O3S2. The van der Waals surface area contributed by atoms with E-state index < -0.39 is 22.0 Å². The average molecular weight is 350 g/mol. The van der Waals surface area contributed by atoms with E-state index in [0.29, 0.717) is 5.69 Å². The molecule has 2 aromatic rings. The molecule has 0 saturated heterocycles. The second kappa shape index (κ2) is 7.63. The first-order valence-corrected chi connectivity index (χ1v) is 9.66. The number of carbonyl (C=O) groups excluding carboxylic acids is 1. The number of benzene rings is 2. The zero-order chi connectivity index (χ0) is 16.9. The summed E-state index contributed by atoms with van der Waals surface area (Å²) in [6.45, 7) is 1.51. The standard InChI is InChI=1S/C16H18N2O3S2/c1-12(18-23(20,21)13-8-4-3-5-9-13)16(19)17-14-10-6-7-11-15(14)22-2/h3-12,18H,1-2H3,(H,17,19)/t12-/m1/s1. The molecule has 23 heavy (non-hydrogen) atoms. The number of hydrogen-bond acceptors (Lipinski definition) is 4. The number of carbonyl (C=O) groups is 1. The van der Waals surface area contributed by atoms with Crippen LogP contribution in [0.5, 0.6) is 0 Å². The highest BCUT2D eigenvalue weighted by Crippen LogP contribution is 2.24. The summed E-state index contributed by atoms with van der Waals surface area (Å²) < 4.78 is 26.8. The van der Waals surface area contributed by atoms with Gasteiger partial charge in [0.2, 0.25) is 15.9 Å². The Labute approximate surface area is 140 Å². The van der Waals surface area contributed by atoms with Crippen molar-refractivity contribution in [3.05, 3.63) is 54.6 Å². The number of thioether (sulfide) groups is 1. The molecule has 0 aromatic heterocycles. The van der Waals surface area contributed by atoms with Crippen molar-refractivity contribution in [2.75, 3.05) is 11.6 Å². The van der Waals surface area contributed by atoms with Crippen molar-refractivity contribution in [1.82, 2.24) is 4.72 Å². The summed E-state index contributed by atoms with van der Waals surface area (Å²) in [5.74, 6) is -0.411. The Morgan fingerprint density at radius 1 is 1.04 bits per heavy atom. The molecular weight excluding hydrogens is 332 g/mol. The Balaban J connectivity index is 2.09. The van der Waals surface area contributed by atoms with Crippen molar-refractivity contribution in [2.45, 2.75) is 22.8 Å². The summed E-state index contributed by atoms with van der Waals surface area (Å²) in [5.41, 5.74) is 0.663. The molecule has 1 amide bonds. The molecule has 0 saturated carbocycles. The topological polar surface area (TPSA) is 75.3 Å². The maximum Gasteiger partial charge on any atom is 0.242 e. The van der Waals surface area contributed by atoms with Crippen LogP contribution in [0.25, 0.3) is 0 Å². The van der Waals surface area contributed by atoms with Crippen molar-refractivity contribution in [3.63, 3.8) is 0 Å². The van der Waals surface area contributed by atoms with Crippen molar-refractivity contribution in [1.29, 1.82) is 0 Å². The van der Waals surface area contributed by atoms with Crippen molar-refractivity contribution in [3.8, 4) is 0 Å². The Morgan fingerprint density at radius 3 is 2.30 bits per heavy atom. The van der Waals surface area contributed by atoms with Crippen molar-refractivity contribution < 1.29 is 13.2 Å². The van der Waals surface area contributed by atoms with Gasteiger partial charge in [-0.1, -0.05) is 30.3 Å². The second-order valence-electron chi connectivity index (χ2n) is 4.85. The normalized spacial score (nSPS) is 12.6. The molecule has 122 valence electrons. The molecule has 0 unspecified atom stereocenters. The molecule has 2 N–H and O–H groups in total. The number of para-hydroxylation sites is 1. The summed E-state index contributed by atoms with van der Waals surface area (Å²) in [6, 6.07) is 14.4. The Kier molecular flexibility index (Phi) is 5.81. The van der Waals surface area contributed by atoms with Crippen LogP contribution >= 0.6 is 11.8 Å². The number of sulfonamides is 1. The van der Waals surface area contributed by atoms with Gasteiger partial charge in [0.15, 0.2) is 0 Å². The summed E-state index contributed by atoms with van der Waals surface area (Å²) in [7, 11) is -3.73. The number of hydrogen-bond donors (Lipinski definition) is 2. The fourth-order valence-electron chi connectivity index (χ4n) is 1.94. The van der Waals surface area contributed by atoms with Gasteiger partial charge in [-0.25, -0.2) is 8.42 Å². The molecule has 0 spiro atoms. The van der Waals surface area contributed by atoms with E-state index in [1.165, 1.54) is 30.8 Å². The monoisotopic (exact) mass is 350 g/mol. The predicted molar refractivity (Wildman–Crippen MR) is 93.1 cm³/mol. The van der Waals surface area contributed by atoms with Crippen LogP contribution in [-0.2, 0) is 14.8 Å². The van der Waals surface area contributed by atoms with Crippen LogP contribution in [0.4, 0.5) is 5.69 Å². The summed E-state index contributed by atoms with van der Waals surface area (Å²) >= 11 is 1.51. The van der Waals surface area contributed by atoms with Crippen molar-refractivity contribution in [2.24, 2.45) is 0 Å². The molecule has 0 heterocycles. The highest BCUT2D eigenvalue weighted by molar-refractivity contribution is 7.98. The minimum atomic E-state index is -3.73. The number of amides is 1. The first-order chi connectivity index (χ1) is 10.9. The third-order valence-corrected chi connectivity index (χ3v) is 5.50. The van der Waals surface area contributed by atoms with Gasteiger partial charge in [0, 0.05) is 4.90 Å². The van der Waals surface area contributed by atoms with Gasteiger partial charge in [-0.05, 0) is 37.4 Å². The van der Waals surface area contributed by atoms with E-state index in [1.54, 1.807) is 24.3 Å². The average Bonchev–Trinajstić information content (AvgIpc) is 2.55. The molecule has 0 aliphatic carbocycles. The van der Waals surface area contributed by atoms with Gasteiger partial charge >= 0.3 is 0 Å². The van der Waals surface area contributed by atoms with Crippen LogP contribution in [0.3, 0.4) is 0 Å². The number of anilines is 1. The van der Waals surface area contributed by atoms with Gasteiger partial charge in [0.25, 0.3) is 0 Å². The molecule has 0 radical (unpaired) electrons. The third-order valence-electron chi connectivity index (χ3n) is 3.14. The number of rotatable bonds is 6. The van der Waals surface area contributed by atoms with Crippen molar-refractivity contribution >= 4 is 33.4 Å². The molecule has 7 heteroatoms. The molecule has 2 rings (SSSR count). The second-order valence-corrected chi connectivity index (χ2v) is 7.41. The fraction of sp³-hybridized carbons (Fsp3) is 0.188. The van der Waals surface area contributed by atoms with E-state index in [0.717, 1.165) is 4.90 Å². The predicted octanol–water partition coefficient (Wildman–Crippen LogP) is 2.71. The van der Waals surface area contributed by atoms with E-state index in [4.69, 9.17) is 0 Å². The first kappa shape index (κ1) is 17.5. The quantitative estimate of drug-likeness (QED) is 0.786. The van der Waals surface area contributed by atoms with Crippen LogP contribution in [0.2, 0.25) is 0 Å². The SMILES string of the molecule is CSc1ccccc1NC(=O)[C@@H](C)NS(=O)(=O)c1ccccc1. The summed E-state index contributed by atoms with van der Waals surface area (Å²) in [5, 5.41) is 2.75. The molecule has 0 aliphatic rings. The smallest absolute Gasteiger partial charge is 0.242 e. The summed E-state index contributed by atoms with van der Waals surface area (Å²) in [4.78, 5) is 13.3. The van der Waals surface area contributed by atoms with Gasteiger partial charge in [0.05, 0.1) is 16.6 Å². The lowest BCUT2D eigenvalue weighted by molar-refractivity contribution is -0.117. The highest BCUT2D eigenvalue weighted by atomic mass is 32.2. The molecule has 2 aromatic carbocycles. The van der Waals surface area contributed by atoms with Gasteiger partial charge in [-0.3, -0.25) is 4.79 Å². The lowest BCUT2D eigenvalue weighted by atomic mass is 10.3. The number of nitrogens with one attached hydrogen (secondary N) is 2. The van der Waals surface area contributed by atoms with Crippen LogP contribution in [0.1, 0.15) is 6.92 Å². The van der Waals surface area contributed by atoms with Gasteiger partial charge < -0.3 is 5.32 Å². The zero-order valence-electron chi connectivity index (χ0n) is 12.8. The minimum Gasteiger partial charge on any atom is -0.324 e. The van der Waals surface area contributed by atoms with Gasteiger partial charge in [-0.2, -0.15) is 4.72 Å². The van der Waals surface area contributed by atoms with E-state index in [-0.39, 0.29) is 4.90 Å². The molecule has 1 atom stereocenters. The third kappa shape index (κ3) is 4.57. The van der Waals surface area contributed by atoms with E-state index in [1.807, 2.05) is 24.5 Å². The molecule has 5 nitrogen and oxygen atoms in total. The van der Waals surface area contributed by atoms with E-state index >= 15 is 0 Å². The minimum absolute atomic E-state index is 0.129.